The van der Waals surface area contributed by atoms with Crippen LogP contribution in [0, 0.1) is 0 Å². The average Bonchev–Trinajstić information content (AvgIpc) is 2.26. The molecule has 1 amide bonds. The molecule has 0 unspecified atom stereocenters. The van der Waals surface area contributed by atoms with Crippen LogP contribution in [0.5, 0.6) is 0 Å². The zero-order valence-electron chi connectivity index (χ0n) is 9.08. The number of aliphatic hydroxyl groups is 1. The summed E-state index contributed by atoms with van der Waals surface area (Å²) in [4.78, 5) is 11.2. The molecule has 0 fully saturated rings. The maximum atomic E-state index is 11.2. The summed E-state index contributed by atoms with van der Waals surface area (Å²) in [7, 11) is 0. The van der Waals surface area contributed by atoms with Crippen molar-refractivity contribution in [2.24, 2.45) is 0 Å². The topological polar surface area (TPSA) is 49.3 Å². The third-order valence-electron chi connectivity index (χ3n) is 2.19. The van der Waals surface area contributed by atoms with Crippen LogP contribution in [0.4, 0.5) is 0 Å². The van der Waals surface area contributed by atoms with Crippen LogP contribution in [0.3, 0.4) is 0 Å². The number of carbonyl (C=O) groups is 1. The molecule has 0 saturated carbocycles. The van der Waals surface area contributed by atoms with Crippen LogP contribution in [0.2, 0.25) is 0 Å². The van der Waals surface area contributed by atoms with Crippen molar-refractivity contribution in [2.75, 3.05) is 13.2 Å². The predicted octanol–water partition coefficient (Wildman–Crippen LogP) is 1.88. The van der Waals surface area contributed by atoms with Crippen LogP contribution in [0.1, 0.15) is 18.4 Å². The SMILES string of the molecule is O=C(CCCO)NCCc1cccc(Br)c1. The van der Waals surface area contributed by atoms with Gasteiger partial charge in [-0.05, 0) is 30.5 Å². The number of amides is 1. The van der Waals surface area contributed by atoms with Crippen molar-refractivity contribution in [3.63, 3.8) is 0 Å². The van der Waals surface area contributed by atoms with Crippen LogP contribution in [0.15, 0.2) is 28.7 Å². The van der Waals surface area contributed by atoms with Gasteiger partial charge in [0.25, 0.3) is 0 Å². The normalized spacial score (nSPS) is 10.1. The van der Waals surface area contributed by atoms with Gasteiger partial charge in [0.2, 0.25) is 5.91 Å². The Balaban J connectivity index is 2.22. The fourth-order valence-electron chi connectivity index (χ4n) is 1.37. The highest BCUT2D eigenvalue weighted by molar-refractivity contribution is 9.10. The number of carbonyl (C=O) groups excluding carboxylic acids is 1. The second-order valence-corrected chi connectivity index (χ2v) is 4.47. The molecule has 0 aliphatic carbocycles. The maximum Gasteiger partial charge on any atom is 0.220 e. The van der Waals surface area contributed by atoms with Crippen LogP contribution >= 0.6 is 15.9 Å². The number of nitrogens with one attached hydrogen (secondary N) is 1. The quantitative estimate of drug-likeness (QED) is 0.839. The number of hydrogen-bond donors (Lipinski definition) is 2. The number of rotatable bonds is 6. The number of halogens is 1. The van der Waals surface area contributed by atoms with Gasteiger partial charge in [0.1, 0.15) is 0 Å². The van der Waals surface area contributed by atoms with Gasteiger partial charge in [0, 0.05) is 24.0 Å². The van der Waals surface area contributed by atoms with Crippen molar-refractivity contribution in [1.29, 1.82) is 0 Å². The Hall–Kier alpha value is -0.870. The van der Waals surface area contributed by atoms with E-state index in [1.165, 1.54) is 5.56 Å². The zero-order valence-corrected chi connectivity index (χ0v) is 10.7. The molecule has 0 radical (unpaired) electrons. The molecule has 0 heterocycles. The Kier molecular flexibility index (Phi) is 6.11. The number of hydrogen-bond acceptors (Lipinski definition) is 2. The summed E-state index contributed by atoms with van der Waals surface area (Å²) in [5.41, 5.74) is 1.19. The summed E-state index contributed by atoms with van der Waals surface area (Å²) in [6, 6.07) is 8.03. The fourth-order valence-corrected chi connectivity index (χ4v) is 1.81. The molecule has 3 nitrogen and oxygen atoms in total. The minimum Gasteiger partial charge on any atom is -0.396 e. The molecule has 1 aromatic rings. The van der Waals surface area contributed by atoms with Crippen LogP contribution in [-0.4, -0.2) is 24.2 Å². The molecule has 0 spiro atoms. The number of aliphatic hydroxyl groups excluding tert-OH is 1. The minimum absolute atomic E-state index is 0.00375. The molecule has 16 heavy (non-hydrogen) atoms. The van der Waals surface area contributed by atoms with Crippen molar-refractivity contribution >= 4 is 21.8 Å². The summed E-state index contributed by atoms with van der Waals surface area (Å²) in [6.07, 6.45) is 1.75. The first kappa shape index (κ1) is 13.2. The van der Waals surface area contributed by atoms with E-state index in [9.17, 15) is 4.79 Å². The van der Waals surface area contributed by atoms with E-state index < -0.39 is 0 Å². The third kappa shape index (κ3) is 5.28. The lowest BCUT2D eigenvalue weighted by molar-refractivity contribution is -0.121. The zero-order chi connectivity index (χ0) is 11.8. The summed E-state index contributed by atoms with van der Waals surface area (Å²) in [5, 5.41) is 11.4. The second kappa shape index (κ2) is 7.41. The monoisotopic (exact) mass is 285 g/mol. The summed E-state index contributed by atoms with van der Waals surface area (Å²) in [5.74, 6) is 0.00375. The smallest absolute Gasteiger partial charge is 0.220 e. The van der Waals surface area contributed by atoms with Gasteiger partial charge in [0.05, 0.1) is 0 Å². The largest absolute Gasteiger partial charge is 0.396 e. The van der Waals surface area contributed by atoms with E-state index in [1.807, 2.05) is 24.3 Å². The van der Waals surface area contributed by atoms with E-state index in [-0.39, 0.29) is 12.5 Å². The predicted molar refractivity (Wildman–Crippen MR) is 67.2 cm³/mol. The molecule has 88 valence electrons. The molecule has 0 bridgehead atoms. The summed E-state index contributed by atoms with van der Waals surface area (Å²) < 4.78 is 1.05. The third-order valence-corrected chi connectivity index (χ3v) is 2.68. The van der Waals surface area contributed by atoms with Crippen molar-refractivity contribution < 1.29 is 9.90 Å². The van der Waals surface area contributed by atoms with Crippen LogP contribution in [0.25, 0.3) is 0 Å². The van der Waals surface area contributed by atoms with E-state index in [1.54, 1.807) is 0 Å². The highest BCUT2D eigenvalue weighted by Gasteiger charge is 2.00. The molecule has 0 aliphatic heterocycles. The second-order valence-electron chi connectivity index (χ2n) is 3.56. The molecule has 0 atom stereocenters. The molecule has 1 aromatic carbocycles. The standard InChI is InChI=1S/C12H16BrNO2/c13-11-4-1-3-10(9-11)6-7-14-12(16)5-2-8-15/h1,3-4,9,15H,2,5-8H2,(H,14,16). The van der Waals surface area contributed by atoms with Crippen LogP contribution < -0.4 is 5.32 Å². The Morgan fingerprint density at radius 3 is 2.94 bits per heavy atom. The minimum atomic E-state index is 0.00375. The molecular formula is C12H16BrNO2. The molecular weight excluding hydrogens is 270 g/mol. The fraction of sp³-hybridized carbons (Fsp3) is 0.417. The van der Waals surface area contributed by atoms with E-state index in [0.29, 0.717) is 19.4 Å². The van der Waals surface area contributed by atoms with Gasteiger partial charge in [-0.2, -0.15) is 0 Å². The maximum absolute atomic E-state index is 11.2. The Bertz CT molecular complexity index is 342. The summed E-state index contributed by atoms with van der Waals surface area (Å²) in [6.45, 7) is 0.708. The highest BCUT2D eigenvalue weighted by atomic mass is 79.9. The number of benzene rings is 1. The molecule has 0 aliphatic rings. The Labute approximate surface area is 104 Å². The van der Waals surface area contributed by atoms with Crippen molar-refractivity contribution in [3.8, 4) is 0 Å². The first-order chi connectivity index (χ1) is 7.72. The van der Waals surface area contributed by atoms with Gasteiger partial charge < -0.3 is 10.4 Å². The van der Waals surface area contributed by atoms with Crippen molar-refractivity contribution in [3.05, 3.63) is 34.3 Å². The van der Waals surface area contributed by atoms with Crippen molar-refractivity contribution in [2.45, 2.75) is 19.3 Å². The van der Waals surface area contributed by atoms with Gasteiger partial charge in [-0.15, -0.1) is 0 Å². The Morgan fingerprint density at radius 1 is 1.44 bits per heavy atom. The van der Waals surface area contributed by atoms with Gasteiger partial charge in [-0.3, -0.25) is 4.79 Å². The van der Waals surface area contributed by atoms with Crippen LogP contribution in [-0.2, 0) is 11.2 Å². The van der Waals surface area contributed by atoms with E-state index in [4.69, 9.17) is 5.11 Å². The summed E-state index contributed by atoms with van der Waals surface area (Å²) >= 11 is 3.40. The molecule has 2 N–H and O–H groups in total. The molecule has 4 heteroatoms. The van der Waals surface area contributed by atoms with Gasteiger partial charge in [-0.1, -0.05) is 28.1 Å². The van der Waals surface area contributed by atoms with Gasteiger partial charge in [0.15, 0.2) is 0 Å². The molecule has 0 saturated heterocycles. The van der Waals surface area contributed by atoms with E-state index >= 15 is 0 Å². The lowest BCUT2D eigenvalue weighted by Gasteiger charge is -2.05. The van der Waals surface area contributed by atoms with E-state index in [0.717, 1.165) is 10.9 Å². The van der Waals surface area contributed by atoms with Crippen molar-refractivity contribution in [1.82, 2.24) is 5.32 Å². The average molecular weight is 286 g/mol. The van der Waals surface area contributed by atoms with Gasteiger partial charge in [-0.25, -0.2) is 0 Å². The lowest BCUT2D eigenvalue weighted by atomic mass is 10.1. The van der Waals surface area contributed by atoms with E-state index in [2.05, 4.69) is 21.2 Å². The lowest BCUT2D eigenvalue weighted by Crippen LogP contribution is -2.25. The Morgan fingerprint density at radius 2 is 2.25 bits per heavy atom. The highest BCUT2D eigenvalue weighted by Crippen LogP contribution is 2.11. The van der Waals surface area contributed by atoms with Gasteiger partial charge >= 0.3 is 0 Å². The molecule has 0 aromatic heterocycles. The molecule has 1 rings (SSSR count). The first-order valence-corrected chi connectivity index (χ1v) is 6.13. The first-order valence-electron chi connectivity index (χ1n) is 5.34.